The Bertz CT molecular complexity index is 854. The highest BCUT2D eigenvalue weighted by Crippen LogP contribution is 2.34. The van der Waals surface area contributed by atoms with Gasteiger partial charge in [0.05, 0.1) is 11.5 Å². The molecule has 1 heterocycles. The molecule has 4 nitrogen and oxygen atoms in total. The van der Waals surface area contributed by atoms with Gasteiger partial charge >= 0.3 is 0 Å². The number of carbonyl (C=O) groups excluding carboxylic acids is 2. The lowest BCUT2D eigenvalue weighted by atomic mass is 9.88. The van der Waals surface area contributed by atoms with E-state index in [2.05, 4.69) is 5.32 Å². The SMILES string of the molecule is CC(C)NC(=O)[C@@H]1CN(C(=O)c2ccccc2F)C[C@@H]1c1cccc(F)c1. The molecular formula is C21H22F2N2O2. The summed E-state index contributed by atoms with van der Waals surface area (Å²) in [6.45, 7) is 4.10. The Morgan fingerprint density at radius 3 is 2.48 bits per heavy atom. The maximum Gasteiger partial charge on any atom is 0.256 e. The van der Waals surface area contributed by atoms with Crippen molar-refractivity contribution in [1.82, 2.24) is 10.2 Å². The number of hydrogen-bond donors (Lipinski definition) is 1. The molecule has 1 saturated heterocycles. The van der Waals surface area contributed by atoms with E-state index in [1.807, 2.05) is 13.8 Å². The van der Waals surface area contributed by atoms with Gasteiger partial charge in [0.2, 0.25) is 5.91 Å². The first-order chi connectivity index (χ1) is 12.9. The smallest absolute Gasteiger partial charge is 0.256 e. The molecule has 0 bridgehead atoms. The minimum absolute atomic E-state index is 0.0274. The molecule has 2 aromatic carbocycles. The topological polar surface area (TPSA) is 49.4 Å². The summed E-state index contributed by atoms with van der Waals surface area (Å²) in [5.74, 6) is -2.52. The van der Waals surface area contributed by atoms with Crippen LogP contribution in [0.15, 0.2) is 48.5 Å². The van der Waals surface area contributed by atoms with Crippen LogP contribution in [0.25, 0.3) is 0 Å². The average molecular weight is 372 g/mol. The van der Waals surface area contributed by atoms with Crippen molar-refractivity contribution < 1.29 is 18.4 Å². The fraction of sp³-hybridized carbons (Fsp3) is 0.333. The van der Waals surface area contributed by atoms with Gasteiger partial charge in [-0.05, 0) is 43.7 Å². The molecule has 0 aliphatic carbocycles. The summed E-state index contributed by atoms with van der Waals surface area (Å²) in [5.41, 5.74) is 0.628. The van der Waals surface area contributed by atoms with E-state index in [-0.39, 0.29) is 36.5 Å². The van der Waals surface area contributed by atoms with E-state index in [1.54, 1.807) is 18.2 Å². The first-order valence-electron chi connectivity index (χ1n) is 8.96. The fourth-order valence-corrected chi connectivity index (χ4v) is 3.51. The number of nitrogens with one attached hydrogen (secondary N) is 1. The van der Waals surface area contributed by atoms with Gasteiger partial charge in [-0.1, -0.05) is 24.3 Å². The third kappa shape index (κ3) is 4.15. The van der Waals surface area contributed by atoms with Crippen molar-refractivity contribution in [2.24, 2.45) is 5.92 Å². The summed E-state index contributed by atoms with van der Waals surface area (Å²) in [6, 6.07) is 11.8. The van der Waals surface area contributed by atoms with Crippen molar-refractivity contribution >= 4 is 11.8 Å². The lowest BCUT2D eigenvalue weighted by Crippen LogP contribution is -2.39. The Labute approximate surface area is 157 Å². The highest BCUT2D eigenvalue weighted by molar-refractivity contribution is 5.95. The Kier molecular flexibility index (Phi) is 5.54. The first kappa shape index (κ1) is 19.0. The van der Waals surface area contributed by atoms with Crippen LogP contribution in [0.4, 0.5) is 8.78 Å². The second kappa shape index (κ2) is 7.86. The molecule has 0 radical (unpaired) electrons. The number of carbonyl (C=O) groups is 2. The van der Waals surface area contributed by atoms with Crippen LogP contribution < -0.4 is 5.32 Å². The number of likely N-dealkylation sites (tertiary alicyclic amines) is 1. The van der Waals surface area contributed by atoms with E-state index in [4.69, 9.17) is 0 Å². The van der Waals surface area contributed by atoms with E-state index in [9.17, 15) is 18.4 Å². The van der Waals surface area contributed by atoms with Crippen molar-refractivity contribution in [3.8, 4) is 0 Å². The predicted octanol–water partition coefficient (Wildman–Crippen LogP) is 3.35. The summed E-state index contributed by atoms with van der Waals surface area (Å²) in [4.78, 5) is 26.9. The maximum atomic E-state index is 14.0. The zero-order chi connectivity index (χ0) is 19.6. The molecular weight excluding hydrogens is 350 g/mol. The zero-order valence-corrected chi connectivity index (χ0v) is 15.3. The van der Waals surface area contributed by atoms with Crippen molar-refractivity contribution in [3.63, 3.8) is 0 Å². The summed E-state index contributed by atoms with van der Waals surface area (Å²) in [5, 5.41) is 2.86. The molecule has 2 atom stereocenters. The predicted molar refractivity (Wildman–Crippen MR) is 98.2 cm³/mol. The average Bonchev–Trinajstić information content (AvgIpc) is 3.06. The number of amides is 2. The standard InChI is InChI=1S/C21H22F2N2O2/c1-13(2)24-20(26)18-12-25(21(27)16-8-3-4-9-19(16)23)11-17(18)14-6-5-7-15(22)10-14/h3-10,13,17-18H,11-12H2,1-2H3,(H,24,26)/t17-,18-/m1/s1. The van der Waals surface area contributed by atoms with Crippen LogP contribution in [0.1, 0.15) is 35.7 Å². The first-order valence-corrected chi connectivity index (χ1v) is 8.96. The molecule has 6 heteroatoms. The van der Waals surface area contributed by atoms with Crippen LogP contribution in [0, 0.1) is 17.6 Å². The van der Waals surface area contributed by atoms with Gasteiger partial charge in [-0.25, -0.2) is 8.78 Å². The maximum absolute atomic E-state index is 14.0. The number of hydrogen-bond acceptors (Lipinski definition) is 2. The van der Waals surface area contributed by atoms with Crippen molar-refractivity contribution in [3.05, 3.63) is 71.3 Å². The number of nitrogens with zero attached hydrogens (tertiary/aromatic N) is 1. The molecule has 2 amide bonds. The summed E-state index contributed by atoms with van der Waals surface area (Å²) in [6.07, 6.45) is 0. The normalized spacial score (nSPS) is 19.4. The molecule has 0 saturated carbocycles. The molecule has 1 aliphatic rings. The molecule has 0 spiro atoms. The lowest BCUT2D eigenvalue weighted by molar-refractivity contribution is -0.125. The quantitative estimate of drug-likeness (QED) is 0.895. The van der Waals surface area contributed by atoms with E-state index >= 15 is 0 Å². The van der Waals surface area contributed by atoms with Gasteiger partial charge in [-0.2, -0.15) is 0 Å². The molecule has 27 heavy (non-hydrogen) atoms. The van der Waals surface area contributed by atoms with Gasteiger partial charge in [-0.15, -0.1) is 0 Å². The number of halogens is 2. The second-order valence-electron chi connectivity index (χ2n) is 7.12. The molecule has 1 aliphatic heterocycles. The Balaban J connectivity index is 1.90. The third-order valence-corrected chi connectivity index (χ3v) is 4.76. The van der Waals surface area contributed by atoms with Gasteiger partial charge in [-0.3, -0.25) is 9.59 Å². The van der Waals surface area contributed by atoms with Crippen LogP contribution >= 0.6 is 0 Å². The number of rotatable bonds is 4. The van der Waals surface area contributed by atoms with Crippen LogP contribution in [-0.4, -0.2) is 35.8 Å². The Hall–Kier alpha value is -2.76. The minimum atomic E-state index is -0.597. The van der Waals surface area contributed by atoms with Crippen molar-refractivity contribution in [2.45, 2.75) is 25.8 Å². The zero-order valence-electron chi connectivity index (χ0n) is 15.3. The fourth-order valence-electron chi connectivity index (χ4n) is 3.51. The van der Waals surface area contributed by atoms with E-state index in [1.165, 1.54) is 35.2 Å². The monoisotopic (exact) mass is 372 g/mol. The van der Waals surface area contributed by atoms with Crippen LogP contribution in [-0.2, 0) is 4.79 Å². The molecule has 0 unspecified atom stereocenters. The largest absolute Gasteiger partial charge is 0.354 e. The van der Waals surface area contributed by atoms with Crippen molar-refractivity contribution in [2.75, 3.05) is 13.1 Å². The van der Waals surface area contributed by atoms with Crippen LogP contribution in [0.2, 0.25) is 0 Å². The molecule has 1 N–H and O–H groups in total. The van der Waals surface area contributed by atoms with Gasteiger partial charge in [0.15, 0.2) is 0 Å². The summed E-state index contributed by atoms with van der Waals surface area (Å²) in [7, 11) is 0. The molecule has 1 fully saturated rings. The number of benzene rings is 2. The van der Waals surface area contributed by atoms with E-state index in [0.717, 1.165) is 0 Å². The Morgan fingerprint density at radius 2 is 1.81 bits per heavy atom. The van der Waals surface area contributed by atoms with Crippen LogP contribution in [0.5, 0.6) is 0 Å². The van der Waals surface area contributed by atoms with E-state index in [0.29, 0.717) is 5.56 Å². The highest BCUT2D eigenvalue weighted by atomic mass is 19.1. The van der Waals surface area contributed by atoms with Gasteiger partial charge < -0.3 is 10.2 Å². The summed E-state index contributed by atoms with van der Waals surface area (Å²) < 4.78 is 27.7. The molecule has 3 rings (SSSR count). The lowest BCUT2D eigenvalue weighted by Gasteiger charge is -2.19. The Morgan fingerprint density at radius 1 is 1.07 bits per heavy atom. The van der Waals surface area contributed by atoms with Crippen LogP contribution in [0.3, 0.4) is 0 Å². The summed E-state index contributed by atoms with van der Waals surface area (Å²) >= 11 is 0. The van der Waals surface area contributed by atoms with Crippen molar-refractivity contribution in [1.29, 1.82) is 0 Å². The second-order valence-corrected chi connectivity index (χ2v) is 7.12. The molecule has 142 valence electrons. The molecule has 2 aromatic rings. The molecule has 0 aromatic heterocycles. The highest BCUT2D eigenvalue weighted by Gasteiger charge is 2.41. The van der Waals surface area contributed by atoms with Gasteiger partial charge in [0, 0.05) is 25.0 Å². The van der Waals surface area contributed by atoms with Gasteiger partial charge in [0.1, 0.15) is 11.6 Å². The van der Waals surface area contributed by atoms with Gasteiger partial charge in [0.25, 0.3) is 5.91 Å². The minimum Gasteiger partial charge on any atom is -0.354 e. The van der Waals surface area contributed by atoms with E-state index < -0.39 is 23.5 Å². The third-order valence-electron chi connectivity index (χ3n) is 4.76.